The van der Waals surface area contributed by atoms with E-state index in [1.165, 1.54) is 16.3 Å². The van der Waals surface area contributed by atoms with Crippen LogP contribution in [0.15, 0.2) is 63.7 Å². The highest BCUT2D eigenvalue weighted by molar-refractivity contribution is 5.94. The molecule has 12 nitrogen and oxygen atoms in total. The molecule has 4 heterocycles. The van der Waals surface area contributed by atoms with Gasteiger partial charge in [0.1, 0.15) is 23.1 Å². The molecule has 39 heavy (non-hydrogen) atoms. The number of nitrogens with one attached hydrogen (secondary N) is 1. The smallest absolute Gasteiger partial charge is 0.423 e. The predicted octanol–water partition coefficient (Wildman–Crippen LogP) is 2.23. The number of hydrogen-bond donors (Lipinski definition) is 1. The van der Waals surface area contributed by atoms with Crippen LogP contribution in [0.4, 0.5) is 9.59 Å². The fraction of sp³-hybridized carbons (Fsp3) is 0.296. The Morgan fingerprint density at radius 3 is 2.46 bits per heavy atom. The summed E-state index contributed by atoms with van der Waals surface area (Å²) in [7, 11) is 0. The van der Waals surface area contributed by atoms with Crippen LogP contribution in [0, 0.1) is 0 Å². The maximum absolute atomic E-state index is 13.8. The van der Waals surface area contributed by atoms with Crippen LogP contribution in [-0.4, -0.2) is 55.4 Å². The Labute approximate surface area is 221 Å². The van der Waals surface area contributed by atoms with Crippen molar-refractivity contribution in [2.24, 2.45) is 0 Å². The van der Waals surface area contributed by atoms with Gasteiger partial charge in [-0.25, -0.2) is 38.0 Å². The Balaban J connectivity index is 1.42. The van der Waals surface area contributed by atoms with Crippen LogP contribution in [0.25, 0.3) is 5.69 Å². The second-order valence-corrected chi connectivity index (χ2v) is 10.1. The third-order valence-corrected chi connectivity index (χ3v) is 7.24. The monoisotopic (exact) mass is 531 g/mol. The van der Waals surface area contributed by atoms with Crippen LogP contribution in [0.3, 0.4) is 0 Å². The summed E-state index contributed by atoms with van der Waals surface area (Å²) in [6.07, 6.45) is 1.08. The van der Waals surface area contributed by atoms with E-state index in [4.69, 9.17) is 9.47 Å². The number of carbonyl (C=O) groups is 3. The molecule has 3 aliphatic rings. The van der Waals surface area contributed by atoms with Gasteiger partial charge in [0.2, 0.25) is 0 Å². The number of aromatic nitrogens is 3. The van der Waals surface area contributed by atoms with Gasteiger partial charge in [0, 0.05) is 23.7 Å². The summed E-state index contributed by atoms with van der Waals surface area (Å²) < 4.78 is 15.6. The molecule has 0 spiro atoms. The molecule has 6 rings (SSSR count). The Morgan fingerprint density at radius 2 is 1.79 bits per heavy atom. The number of amides is 3. The minimum Gasteiger partial charge on any atom is -0.483 e. The third-order valence-electron chi connectivity index (χ3n) is 7.24. The summed E-state index contributed by atoms with van der Waals surface area (Å²) >= 11 is 0. The Morgan fingerprint density at radius 1 is 1.05 bits per heavy atom. The second-order valence-electron chi connectivity index (χ2n) is 10.1. The first kappa shape index (κ1) is 24.5. The first-order valence-electron chi connectivity index (χ1n) is 12.4. The minimum absolute atomic E-state index is 0.120. The summed E-state index contributed by atoms with van der Waals surface area (Å²) in [5, 5.41) is 2.55. The molecule has 1 atom stereocenters. The first-order valence-corrected chi connectivity index (χ1v) is 12.4. The highest BCUT2D eigenvalue weighted by Crippen LogP contribution is 2.47. The maximum atomic E-state index is 13.8. The largest absolute Gasteiger partial charge is 0.483 e. The van der Waals surface area contributed by atoms with Crippen LogP contribution in [0.1, 0.15) is 42.7 Å². The molecule has 3 aromatic rings. The van der Waals surface area contributed by atoms with Gasteiger partial charge in [-0.1, -0.05) is 6.08 Å². The van der Waals surface area contributed by atoms with Crippen molar-refractivity contribution < 1.29 is 23.9 Å². The van der Waals surface area contributed by atoms with Crippen molar-refractivity contribution in [3.63, 3.8) is 0 Å². The fourth-order valence-electron chi connectivity index (χ4n) is 5.31. The van der Waals surface area contributed by atoms with Gasteiger partial charge in [-0.05, 0) is 62.7 Å². The average molecular weight is 532 g/mol. The van der Waals surface area contributed by atoms with Crippen molar-refractivity contribution in [1.82, 2.24) is 24.1 Å². The number of nitrogens with zero attached hydrogens (tertiary/aromatic N) is 4. The fourth-order valence-corrected chi connectivity index (χ4v) is 5.31. The lowest BCUT2D eigenvalue weighted by atomic mass is 9.83. The van der Waals surface area contributed by atoms with Gasteiger partial charge in [0.25, 0.3) is 0 Å². The molecule has 3 aliphatic heterocycles. The Hall–Kier alpha value is -4.87. The quantitative estimate of drug-likeness (QED) is 0.405. The van der Waals surface area contributed by atoms with E-state index in [9.17, 15) is 24.0 Å². The van der Waals surface area contributed by atoms with Crippen molar-refractivity contribution in [3.8, 4) is 17.2 Å². The van der Waals surface area contributed by atoms with Crippen LogP contribution in [0.5, 0.6) is 11.5 Å². The lowest BCUT2D eigenvalue weighted by molar-refractivity contribution is 0.101. The van der Waals surface area contributed by atoms with E-state index in [-0.39, 0.29) is 24.6 Å². The zero-order valence-electron chi connectivity index (χ0n) is 21.5. The second kappa shape index (κ2) is 8.58. The van der Waals surface area contributed by atoms with Gasteiger partial charge in [-0.2, -0.15) is 0 Å². The number of imide groups is 1. The molecule has 3 amide bonds. The molecule has 1 N–H and O–H groups in total. The standard InChI is InChI=1S/C27H25N5O7/c1-15(33)16-4-6-17(7-5-16)31-24(35)30-12-10-20-22(32(30)25(31)36)19-9-8-18(14-21(19)39-27(20,2)3)38-26(37)29-13-11-28-23(29)34/h4-10,14,22H,11-13H2,1-3H3,(H,28,34). The number of hydrogen-bond acceptors (Lipinski definition) is 7. The molecular formula is C27H25N5O7. The summed E-state index contributed by atoms with van der Waals surface area (Å²) in [4.78, 5) is 64.1. The van der Waals surface area contributed by atoms with Crippen molar-refractivity contribution >= 4 is 17.9 Å². The topological polar surface area (TPSA) is 134 Å². The van der Waals surface area contributed by atoms with E-state index in [1.54, 1.807) is 42.5 Å². The van der Waals surface area contributed by atoms with Crippen LogP contribution >= 0.6 is 0 Å². The van der Waals surface area contributed by atoms with Crippen LogP contribution < -0.4 is 26.2 Å². The average Bonchev–Trinajstić information content (AvgIpc) is 3.44. The third kappa shape index (κ3) is 3.78. The maximum Gasteiger partial charge on any atom is 0.423 e. The molecule has 0 aliphatic carbocycles. The molecule has 1 aromatic heterocycles. The number of benzene rings is 2. The summed E-state index contributed by atoms with van der Waals surface area (Å²) in [5.74, 6) is 0.431. The number of fused-ring (bicyclic) bond motifs is 5. The number of rotatable bonds is 3. The van der Waals surface area contributed by atoms with Crippen molar-refractivity contribution in [2.75, 3.05) is 13.1 Å². The van der Waals surface area contributed by atoms with Gasteiger partial charge in [0.15, 0.2) is 5.78 Å². The van der Waals surface area contributed by atoms with Crippen LogP contribution in [-0.2, 0) is 6.54 Å². The van der Waals surface area contributed by atoms with Gasteiger partial charge in [-0.15, -0.1) is 0 Å². The summed E-state index contributed by atoms with van der Waals surface area (Å²) in [6, 6.07) is 9.92. The van der Waals surface area contributed by atoms with E-state index in [2.05, 4.69) is 5.32 Å². The minimum atomic E-state index is -0.846. The molecule has 1 fully saturated rings. The SMILES string of the molecule is CC(=O)c1ccc(-n2c(=O)n3n(c2=O)C2C(=CC3)C(C)(C)Oc3cc(OC(=O)N4CCNC4=O)ccc32)cc1. The lowest BCUT2D eigenvalue weighted by Gasteiger charge is -2.42. The number of Topliss-reactive ketones (excluding diaryl/α,β-unsaturated/α-hetero) is 1. The van der Waals surface area contributed by atoms with Gasteiger partial charge in [-0.3, -0.25) is 4.79 Å². The van der Waals surface area contributed by atoms with E-state index in [0.717, 1.165) is 15.0 Å². The molecule has 1 unspecified atom stereocenters. The zero-order chi connectivity index (χ0) is 27.6. The van der Waals surface area contributed by atoms with Crippen molar-refractivity contribution in [2.45, 2.75) is 39.0 Å². The van der Waals surface area contributed by atoms with E-state index in [0.29, 0.717) is 29.1 Å². The molecule has 0 bridgehead atoms. The molecule has 0 saturated carbocycles. The number of allylic oxidation sites excluding steroid dienone is 1. The Bertz CT molecular complexity index is 1710. The van der Waals surface area contributed by atoms with Crippen molar-refractivity contribution in [1.29, 1.82) is 0 Å². The zero-order valence-corrected chi connectivity index (χ0v) is 21.5. The number of urea groups is 1. The van der Waals surface area contributed by atoms with E-state index >= 15 is 0 Å². The molecule has 2 aromatic carbocycles. The Kier molecular flexibility index (Phi) is 5.38. The van der Waals surface area contributed by atoms with Gasteiger partial charge < -0.3 is 14.8 Å². The highest BCUT2D eigenvalue weighted by Gasteiger charge is 2.44. The normalized spacial score (nSPS) is 18.7. The van der Waals surface area contributed by atoms with Gasteiger partial charge in [0.05, 0.1) is 18.8 Å². The summed E-state index contributed by atoms with van der Waals surface area (Å²) in [6.45, 7) is 5.89. The molecule has 12 heteroatoms. The van der Waals surface area contributed by atoms with E-state index in [1.807, 2.05) is 19.9 Å². The molecule has 0 radical (unpaired) electrons. The number of ether oxygens (including phenoxy) is 2. The molecule has 200 valence electrons. The van der Waals surface area contributed by atoms with E-state index < -0.39 is 35.1 Å². The van der Waals surface area contributed by atoms with Crippen molar-refractivity contribution in [3.05, 3.63) is 86.2 Å². The number of carbonyl (C=O) groups excluding carboxylic acids is 3. The highest BCUT2D eigenvalue weighted by atomic mass is 16.6. The predicted molar refractivity (Wildman–Crippen MR) is 138 cm³/mol. The lowest BCUT2D eigenvalue weighted by Crippen LogP contribution is -2.46. The summed E-state index contributed by atoms with van der Waals surface area (Å²) in [5.41, 5.74) is 0.351. The first-order chi connectivity index (χ1) is 18.6. The molecular weight excluding hydrogens is 506 g/mol. The van der Waals surface area contributed by atoms with Gasteiger partial charge >= 0.3 is 23.5 Å². The number of ketones is 1. The molecule has 1 saturated heterocycles. The van der Waals surface area contributed by atoms with Crippen LogP contribution in [0.2, 0.25) is 0 Å².